The van der Waals surface area contributed by atoms with Gasteiger partial charge in [-0.15, -0.1) is 0 Å². The Labute approximate surface area is 106 Å². The Balaban J connectivity index is 2.18. The van der Waals surface area contributed by atoms with Crippen LogP contribution in [0.25, 0.3) is 0 Å². The van der Waals surface area contributed by atoms with Crippen LogP contribution in [0.15, 0.2) is 0 Å². The zero-order valence-electron chi connectivity index (χ0n) is 11.8. The number of hydrogen-bond acceptors (Lipinski definition) is 2. The lowest BCUT2D eigenvalue weighted by molar-refractivity contribution is -0.121. The SMILES string of the molecule is CC(C)C(C)NC(=O)CN[C@H](C)C1CCCC1. The van der Waals surface area contributed by atoms with Gasteiger partial charge in [0.15, 0.2) is 0 Å². The van der Waals surface area contributed by atoms with E-state index in [1.165, 1.54) is 25.7 Å². The lowest BCUT2D eigenvalue weighted by atomic mass is 10.00. The van der Waals surface area contributed by atoms with Crippen LogP contribution in [0.4, 0.5) is 0 Å². The van der Waals surface area contributed by atoms with Crippen LogP contribution < -0.4 is 10.6 Å². The van der Waals surface area contributed by atoms with Crippen LogP contribution in [0.1, 0.15) is 53.4 Å². The fraction of sp³-hybridized carbons (Fsp3) is 0.929. The second-order valence-corrected chi connectivity index (χ2v) is 5.81. The molecule has 2 atom stereocenters. The van der Waals surface area contributed by atoms with Gasteiger partial charge in [0.05, 0.1) is 6.54 Å². The zero-order valence-corrected chi connectivity index (χ0v) is 11.8. The standard InChI is InChI=1S/C14H28N2O/c1-10(2)11(3)16-14(17)9-15-12(4)13-7-5-6-8-13/h10-13,15H,5-9H2,1-4H3,(H,16,17)/t11?,12-/m1/s1. The van der Waals surface area contributed by atoms with Gasteiger partial charge in [-0.05, 0) is 38.5 Å². The Kier molecular flexibility index (Phi) is 5.96. The van der Waals surface area contributed by atoms with Gasteiger partial charge >= 0.3 is 0 Å². The molecule has 1 saturated carbocycles. The predicted octanol–water partition coefficient (Wildman–Crippen LogP) is 2.32. The van der Waals surface area contributed by atoms with Gasteiger partial charge in [-0.3, -0.25) is 4.79 Å². The topological polar surface area (TPSA) is 41.1 Å². The third-order valence-electron chi connectivity index (χ3n) is 4.08. The minimum Gasteiger partial charge on any atom is -0.352 e. The summed E-state index contributed by atoms with van der Waals surface area (Å²) in [6.07, 6.45) is 5.34. The maximum atomic E-state index is 11.7. The first-order valence-corrected chi connectivity index (χ1v) is 7.03. The van der Waals surface area contributed by atoms with E-state index in [1.807, 2.05) is 0 Å². The summed E-state index contributed by atoms with van der Waals surface area (Å²) in [5.41, 5.74) is 0. The van der Waals surface area contributed by atoms with Crippen molar-refractivity contribution in [3.63, 3.8) is 0 Å². The molecular formula is C14H28N2O. The first-order chi connectivity index (χ1) is 8.00. The molecule has 1 fully saturated rings. The molecule has 1 aliphatic rings. The summed E-state index contributed by atoms with van der Waals surface area (Å²) in [5.74, 6) is 1.38. The molecule has 0 aromatic rings. The van der Waals surface area contributed by atoms with Gasteiger partial charge in [0, 0.05) is 12.1 Å². The second kappa shape index (κ2) is 7.00. The summed E-state index contributed by atoms with van der Waals surface area (Å²) in [5, 5.41) is 6.38. The number of hydrogen-bond donors (Lipinski definition) is 2. The van der Waals surface area contributed by atoms with Gasteiger partial charge in [0.25, 0.3) is 0 Å². The Morgan fingerprint density at radius 3 is 2.29 bits per heavy atom. The average molecular weight is 240 g/mol. The fourth-order valence-electron chi connectivity index (χ4n) is 2.35. The van der Waals surface area contributed by atoms with Gasteiger partial charge in [-0.25, -0.2) is 0 Å². The highest BCUT2D eigenvalue weighted by Crippen LogP contribution is 2.27. The van der Waals surface area contributed by atoms with E-state index in [2.05, 4.69) is 38.3 Å². The lowest BCUT2D eigenvalue weighted by Gasteiger charge is -2.22. The van der Waals surface area contributed by atoms with E-state index in [1.54, 1.807) is 0 Å². The highest BCUT2D eigenvalue weighted by molar-refractivity contribution is 5.78. The van der Waals surface area contributed by atoms with Crippen LogP contribution in [0.3, 0.4) is 0 Å². The van der Waals surface area contributed by atoms with Gasteiger partial charge in [0.1, 0.15) is 0 Å². The van der Waals surface area contributed by atoms with E-state index in [-0.39, 0.29) is 11.9 Å². The quantitative estimate of drug-likeness (QED) is 0.748. The molecule has 17 heavy (non-hydrogen) atoms. The average Bonchev–Trinajstić information content (AvgIpc) is 2.79. The van der Waals surface area contributed by atoms with Crippen LogP contribution in [-0.4, -0.2) is 24.5 Å². The lowest BCUT2D eigenvalue weighted by Crippen LogP contribution is -2.44. The highest BCUT2D eigenvalue weighted by Gasteiger charge is 2.21. The molecule has 0 bridgehead atoms. The molecule has 3 heteroatoms. The minimum absolute atomic E-state index is 0.121. The molecule has 1 rings (SSSR count). The third kappa shape index (κ3) is 5.07. The summed E-state index contributed by atoms with van der Waals surface area (Å²) in [6.45, 7) is 8.96. The molecular weight excluding hydrogens is 212 g/mol. The Hall–Kier alpha value is -0.570. The first kappa shape index (κ1) is 14.5. The highest BCUT2D eigenvalue weighted by atomic mass is 16.1. The zero-order chi connectivity index (χ0) is 12.8. The molecule has 0 saturated heterocycles. The fourth-order valence-corrected chi connectivity index (χ4v) is 2.35. The van der Waals surface area contributed by atoms with E-state index in [4.69, 9.17) is 0 Å². The molecule has 0 aromatic carbocycles. The van der Waals surface area contributed by atoms with Gasteiger partial charge in [-0.1, -0.05) is 26.7 Å². The molecule has 100 valence electrons. The van der Waals surface area contributed by atoms with E-state index >= 15 is 0 Å². The summed E-state index contributed by atoms with van der Waals surface area (Å²) in [7, 11) is 0. The van der Waals surface area contributed by atoms with E-state index in [0.717, 1.165) is 5.92 Å². The van der Waals surface area contributed by atoms with Crippen molar-refractivity contribution in [2.75, 3.05) is 6.54 Å². The number of carbonyl (C=O) groups is 1. The van der Waals surface area contributed by atoms with Crippen molar-refractivity contribution in [1.29, 1.82) is 0 Å². The molecule has 3 nitrogen and oxygen atoms in total. The molecule has 1 unspecified atom stereocenters. The van der Waals surface area contributed by atoms with Crippen LogP contribution in [0.5, 0.6) is 0 Å². The first-order valence-electron chi connectivity index (χ1n) is 7.03. The van der Waals surface area contributed by atoms with Gasteiger partial charge in [0.2, 0.25) is 5.91 Å². The number of amides is 1. The van der Waals surface area contributed by atoms with Crippen molar-refractivity contribution < 1.29 is 4.79 Å². The molecule has 0 aromatic heterocycles. The van der Waals surface area contributed by atoms with Gasteiger partial charge < -0.3 is 10.6 Å². The summed E-state index contributed by atoms with van der Waals surface area (Å²) < 4.78 is 0. The summed E-state index contributed by atoms with van der Waals surface area (Å²) >= 11 is 0. The van der Waals surface area contributed by atoms with Crippen LogP contribution in [-0.2, 0) is 4.79 Å². The third-order valence-corrected chi connectivity index (χ3v) is 4.08. The van der Waals surface area contributed by atoms with Crippen molar-refractivity contribution in [2.45, 2.75) is 65.5 Å². The number of rotatable bonds is 6. The van der Waals surface area contributed by atoms with E-state index in [9.17, 15) is 4.79 Å². The normalized spacial score (nSPS) is 20.5. The molecule has 1 aliphatic carbocycles. The number of nitrogens with one attached hydrogen (secondary N) is 2. The van der Waals surface area contributed by atoms with Crippen molar-refractivity contribution in [2.24, 2.45) is 11.8 Å². The molecule has 0 heterocycles. The van der Waals surface area contributed by atoms with Gasteiger partial charge in [-0.2, -0.15) is 0 Å². The largest absolute Gasteiger partial charge is 0.352 e. The molecule has 0 spiro atoms. The Bertz CT molecular complexity index is 234. The van der Waals surface area contributed by atoms with Crippen molar-refractivity contribution >= 4 is 5.91 Å². The predicted molar refractivity (Wildman–Crippen MR) is 71.9 cm³/mol. The second-order valence-electron chi connectivity index (χ2n) is 5.81. The Morgan fingerprint density at radius 1 is 1.18 bits per heavy atom. The van der Waals surface area contributed by atoms with Crippen LogP contribution in [0.2, 0.25) is 0 Å². The monoisotopic (exact) mass is 240 g/mol. The molecule has 1 amide bonds. The van der Waals surface area contributed by atoms with Crippen molar-refractivity contribution in [3.05, 3.63) is 0 Å². The molecule has 2 N–H and O–H groups in total. The van der Waals surface area contributed by atoms with Crippen LogP contribution in [0, 0.1) is 11.8 Å². The van der Waals surface area contributed by atoms with E-state index < -0.39 is 0 Å². The number of carbonyl (C=O) groups excluding carboxylic acids is 1. The molecule has 0 aliphatic heterocycles. The maximum absolute atomic E-state index is 11.7. The Morgan fingerprint density at radius 2 is 1.76 bits per heavy atom. The maximum Gasteiger partial charge on any atom is 0.234 e. The van der Waals surface area contributed by atoms with Crippen molar-refractivity contribution in [1.82, 2.24) is 10.6 Å². The summed E-state index contributed by atoms with van der Waals surface area (Å²) in [4.78, 5) is 11.7. The smallest absolute Gasteiger partial charge is 0.234 e. The van der Waals surface area contributed by atoms with E-state index in [0.29, 0.717) is 18.5 Å². The van der Waals surface area contributed by atoms with Crippen LogP contribution >= 0.6 is 0 Å². The summed E-state index contributed by atoms with van der Waals surface area (Å²) in [6, 6.07) is 0.726. The minimum atomic E-state index is 0.121. The molecule has 0 radical (unpaired) electrons. The van der Waals surface area contributed by atoms with Crippen molar-refractivity contribution in [3.8, 4) is 0 Å².